The zero-order valence-electron chi connectivity index (χ0n) is 11.7. The van der Waals surface area contributed by atoms with Gasteiger partial charge in [-0.05, 0) is 39.8 Å². The molecule has 0 saturated carbocycles. The average molecular weight is 288 g/mol. The number of hydrogen-bond acceptors (Lipinski definition) is 4. The van der Waals surface area contributed by atoms with Crippen LogP contribution in [0.4, 0.5) is 19.0 Å². The van der Waals surface area contributed by atoms with Crippen LogP contribution in [0.25, 0.3) is 0 Å². The van der Waals surface area contributed by atoms with Gasteiger partial charge in [0.05, 0.1) is 11.2 Å². The molecule has 1 aromatic heterocycles. The SMILES string of the molecule is CC1(C)OB(N(c2ccccn2)C(F)(F)F)OC1(C)C. The molecule has 8 heteroatoms. The highest BCUT2D eigenvalue weighted by molar-refractivity contribution is 6.51. The van der Waals surface area contributed by atoms with Gasteiger partial charge in [-0.25, -0.2) is 4.98 Å². The fourth-order valence-corrected chi connectivity index (χ4v) is 1.77. The highest BCUT2D eigenvalue weighted by atomic mass is 19.4. The van der Waals surface area contributed by atoms with Crippen molar-refractivity contribution in [1.82, 2.24) is 4.98 Å². The summed E-state index contributed by atoms with van der Waals surface area (Å²) in [5, 5.41) is 0. The Bertz CT molecular complexity index is 463. The van der Waals surface area contributed by atoms with Crippen LogP contribution in [0.15, 0.2) is 24.4 Å². The molecule has 0 atom stereocenters. The minimum atomic E-state index is -4.66. The van der Waals surface area contributed by atoms with Crippen molar-refractivity contribution in [3.05, 3.63) is 24.4 Å². The summed E-state index contributed by atoms with van der Waals surface area (Å²) in [4.78, 5) is 3.82. The van der Waals surface area contributed by atoms with E-state index in [0.29, 0.717) is 0 Å². The first-order valence-electron chi connectivity index (χ1n) is 6.17. The molecule has 1 saturated heterocycles. The summed E-state index contributed by atoms with van der Waals surface area (Å²) in [6, 6.07) is 4.28. The zero-order chi connectivity index (χ0) is 15.2. The van der Waals surface area contributed by atoms with Crippen molar-refractivity contribution < 1.29 is 22.5 Å². The largest absolute Gasteiger partial charge is 0.602 e. The van der Waals surface area contributed by atoms with Crippen molar-refractivity contribution >= 4 is 13.1 Å². The van der Waals surface area contributed by atoms with E-state index < -0.39 is 24.8 Å². The number of anilines is 1. The van der Waals surface area contributed by atoms with E-state index in [4.69, 9.17) is 9.31 Å². The van der Waals surface area contributed by atoms with Crippen LogP contribution < -0.4 is 4.81 Å². The van der Waals surface area contributed by atoms with Crippen molar-refractivity contribution in [2.24, 2.45) is 0 Å². The van der Waals surface area contributed by atoms with E-state index in [1.807, 2.05) is 0 Å². The zero-order valence-corrected chi connectivity index (χ0v) is 11.7. The second-order valence-corrected chi connectivity index (χ2v) is 5.59. The Hall–Kier alpha value is -1.28. The van der Waals surface area contributed by atoms with Gasteiger partial charge >= 0.3 is 13.6 Å². The summed E-state index contributed by atoms with van der Waals surface area (Å²) in [6.07, 6.45) is -3.37. The average Bonchev–Trinajstić information content (AvgIpc) is 2.47. The number of aromatic nitrogens is 1. The van der Waals surface area contributed by atoms with Crippen LogP contribution in [0.3, 0.4) is 0 Å². The molecular weight excluding hydrogens is 272 g/mol. The standard InChI is InChI=1S/C12H16BF3N2O2/c1-10(2)11(3,4)20-13(19-10)18(12(14,15)16)9-7-5-6-8-17-9/h5-8H,1-4H3. The van der Waals surface area contributed by atoms with Gasteiger partial charge in [0.2, 0.25) is 0 Å². The number of alkyl halides is 3. The molecule has 20 heavy (non-hydrogen) atoms. The van der Waals surface area contributed by atoms with E-state index in [9.17, 15) is 13.2 Å². The Kier molecular flexibility index (Phi) is 3.50. The van der Waals surface area contributed by atoms with E-state index in [1.165, 1.54) is 18.3 Å². The Morgan fingerprint density at radius 3 is 2.05 bits per heavy atom. The molecule has 1 aliphatic rings. The van der Waals surface area contributed by atoms with Crippen LogP contribution in [0.5, 0.6) is 0 Å². The first-order chi connectivity index (χ1) is 9.05. The summed E-state index contributed by atoms with van der Waals surface area (Å²) in [5.41, 5.74) is -1.70. The van der Waals surface area contributed by atoms with Gasteiger partial charge in [0.25, 0.3) is 0 Å². The van der Waals surface area contributed by atoms with Crippen LogP contribution in [0.2, 0.25) is 0 Å². The van der Waals surface area contributed by atoms with Crippen LogP contribution in [-0.4, -0.2) is 29.7 Å². The van der Waals surface area contributed by atoms with Gasteiger partial charge in [-0.15, -0.1) is 0 Å². The highest BCUT2D eigenvalue weighted by Crippen LogP contribution is 2.41. The monoisotopic (exact) mass is 288 g/mol. The number of pyridine rings is 1. The van der Waals surface area contributed by atoms with Crippen LogP contribution in [0.1, 0.15) is 27.7 Å². The van der Waals surface area contributed by atoms with Gasteiger partial charge in [0.1, 0.15) is 5.82 Å². The molecule has 4 nitrogen and oxygen atoms in total. The van der Waals surface area contributed by atoms with E-state index in [-0.39, 0.29) is 10.6 Å². The molecule has 0 radical (unpaired) electrons. The molecule has 0 N–H and O–H groups in total. The topological polar surface area (TPSA) is 34.6 Å². The summed E-state index contributed by atoms with van der Waals surface area (Å²) in [5.74, 6) is -0.265. The third-order valence-electron chi connectivity index (χ3n) is 3.62. The van der Waals surface area contributed by atoms with Crippen LogP contribution in [0, 0.1) is 0 Å². The van der Waals surface area contributed by atoms with Gasteiger partial charge in [-0.1, -0.05) is 6.07 Å². The van der Waals surface area contributed by atoms with Gasteiger partial charge in [0, 0.05) is 6.20 Å². The fourth-order valence-electron chi connectivity index (χ4n) is 1.77. The summed E-state index contributed by atoms with van der Waals surface area (Å²) in [7, 11) is -1.56. The lowest BCUT2D eigenvalue weighted by Crippen LogP contribution is -2.51. The minimum Gasteiger partial charge on any atom is -0.384 e. The molecule has 0 amide bonds. The van der Waals surface area contributed by atoms with Crippen molar-refractivity contribution in [3.63, 3.8) is 0 Å². The lowest BCUT2D eigenvalue weighted by Gasteiger charge is -2.32. The smallest absolute Gasteiger partial charge is 0.384 e. The molecular formula is C12H16BF3N2O2. The van der Waals surface area contributed by atoms with Crippen molar-refractivity contribution in [1.29, 1.82) is 0 Å². The number of nitrogens with zero attached hydrogens (tertiary/aromatic N) is 2. The number of rotatable bonds is 2. The lowest BCUT2D eigenvalue weighted by atomic mass is 9.90. The summed E-state index contributed by atoms with van der Waals surface area (Å²) in [6.45, 7) is 6.78. The Morgan fingerprint density at radius 2 is 1.65 bits per heavy atom. The quantitative estimate of drug-likeness (QED) is 0.619. The maximum absolute atomic E-state index is 13.3. The van der Waals surface area contributed by atoms with E-state index >= 15 is 0 Å². The first kappa shape index (κ1) is 15.1. The number of halogens is 3. The normalized spacial score (nSPS) is 21.1. The van der Waals surface area contributed by atoms with E-state index in [0.717, 1.165) is 0 Å². The van der Waals surface area contributed by atoms with Gasteiger partial charge in [-0.2, -0.15) is 13.2 Å². The van der Waals surface area contributed by atoms with E-state index in [2.05, 4.69) is 4.98 Å². The Labute approximate surface area is 116 Å². The second-order valence-electron chi connectivity index (χ2n) is 5.59. The molecule has 2 rings (SSSR count). The number of hydrogen-bond donors (Lipinski definition) is 0. The summed E-state index contributed by atoms with van der Waals surface area (Å²) < 4.78 is 50.8. The molecule has 0 bridgehead atoms. The predicted molar refractivity (Wildman–Crippen MR) is 68.9 cm³/mol. The second kappa shape index (κ2) is 4.63. The van der Waals surface area contributed by atoms with Gasteiger partial charge in [-0.3, -0.25) is 4.81 Å². The van der Waals surface area contributed by atoms with Crippen LogP contribution in [-0.2, 0) is 9.31 Å². The van der Waals surface area contributed by atoms with Crippen molar-refractivity contribution in [2.75, 3.05) is 4.81 Å². The molecule has 0 aliphatic carbocycles. The van der Waals surface area contributed by atoms with Gasteiger partial charge < -0.3 is 9.31 Å². The highest BCUT2D eigenvalue weighted by Gasteiger charge is 2.60. The predicted octanol–water partition coefficient (Wildman–Crippen LogP) is 3.00. The maximum atomic E-state index is 13.3. The Morgan fingerprint density at radius 1 is 1.10 bits per heavy atom. The molecule has 2 heterocycles. The third kappa shape index (κ3) is 2.62. The molecule has 0 aromatic carbocycles. The third-order valence-corrected chi connectivity index (χ3v) is 3.62. The lowest BCUT2D eigenvalue weighted by molar-refractivity contribution is -0.121. The molecule has 0 spiro atoms. The molecule has 0 unspecified atom stereocenters. The Balaban J connectivity index is 2.36. The molecule has 1 aromatic rings. The molecule has 110 valence electrons. The minimum absolute atomic E-state index is 0.0868. The van der Waals surface area contributed by atoms with E-state index in [1.54, 1.807) is 33.8 Å². The van der Waals surface area contributed by atoms with Crippen molar-refractivity contribution in [2.45, 2.75) is 45.2 Å². The molecule has 1 aliphatic heterocycles. The van der Waals surface area contributed by atoms with Crippen LogP contribution >= 0.6 is 0 Å². The van der Waals surface area contributed by atoms with Crippen molar-refractivity contribution in [3.8, 4) is 0 Å². The first-order valence-corrected chi connectivity index (χ1v) is 6.17. The van der Waals surface area contributed by atoms with Gasteiger partial charge in [0.15, 0.2) is 0 Å². The maximum Gasteiger partial charge on any atom is 0.602 e. The molecule has 1 fully saturated rings. The summed E-state index contributed by atoms with van der Waals surface area (Å²) >= 11 is 0. The fraction of sp³-hybridized carbons (Fsp3) is 0.583.